The van der Waals surface area contributed by atoms with Crippen LogP contribution < -0.4 is 10.6 Å². The summed E-state index contributed by atoms with van der Waals surface area (Å²) in [6, 6.07) is 9.14. The number of anilines is 1. The molecule has 0 aliphatic rings. The Hall–Kier alpha value is -3.09. The van der Waals surface area contributed by atoms with Crippen LogP contribution in [0, 0.1) is 6.92 Å². The predicted molar refractivity (Wildman–Crippen MR) is 121 cm³/mol. The van der Waals surface area contributed by atoms with Gasteiger partial charge in [0, 0.05) is 30.9 Å². The summed E-state index contributed by atoms with van der Waals surface area (Å²) in [4.78, 5) is 26.0. The van der Waals surface area contributed by atoms with Crippen LogP contribution in [-0.4, -0.2) is 35.0 Å². The quantitative estimate of drug-likeness (QED) is 0.234. The first kappa shape index (κ1) is 21.2. The maximum Gasteiger partial charge on any atom is 0.231 e. The molecule has 0 fully saturated rings. The normalized spacial score (nSPS) is 10.6. The maximum atomic E-state index is 5.54. The Kier molecular flexibility index (Phi) is 7.02. The van der Waals surface area contributed by atoms with Crippen LogP contribution in [0.25, 0.3) is 0 Å². The van der Waals surface area contributed by atoms with E-state index in [1.165, 1.54) is 23.5 Å². The predicted octanol–water partition coefficient (Wildman–Crippen LogP) is 3.75. The lowest BCUT2D eigenvalue weighted by molar-refractivity contribution is 0.478. The van der Waals surface area contributed by atoms with Crippen molar-refractivity contribution in [3.8, 4) is 0 Å². The van der Waals surface area contributed by atoms with E-state index in [0.717, 1.165) is 11.5 Å². The third-order valence-electron chi connectivity index (χ3n) is 3.60. The zero-order chi connectivity index (χ0) is 21.5. The average Bonchev–Trinajstić information content (AvgIpc) is 3.19. The SMILES string of the molecule is Cc1ccc(CNC(=S)Nc2nc(Sc3ncccn3)cc(Sc3ncccn3)n2)o1. The summed E-state index contributed by atoms with van der Waals surface area (Å²) in [6.45, 7) is 2.34. The monoisotopic (exact) mass is 468 g/mol. The zero-order valence-corrected chi connectivity index (χ0v) is 18.7. The summed E-state index contributed by atoms with van der Waals surface area (Å²) in [5, 5.41) is 8.95. The van der Waals surface area contributed by atoms with Crippen molar-refractivity contribution < 1.29 is 4.42 Å². The lowest BCUT2D eigenvalue weighted by atomic mass is 10.4. The first-order chi connectivity index (χ1) is 15.1. The van der Waals surface area contributed by atoms with Crippen LogP contribution in [0.15, 0.2) is 79.9 Å². The lowest BCUT2D eigenvalue weighted by Gasteiger charge is -2.10. The van der Waals surface area contributed by atoms with Gasteiger partial charge in [0.1, 0.15) is 21.6 Å². The summed E-state index contributed by atoms with van der Waals surface area (Å²) in [7, 11) is 0. The molecule has 0 saturated carbocycles. The van der Waals surface area contributed by atoms with Crippen molar-refractivity contribution in [3.05, 3.63) is 66.6 Å². The third kappa shape index (κ3) is 6.44. The molecule has 0 radical (unpaired) electrons. The molecule has 156 valence electrons. The molecule has 4 aromatic rings. The molecular formula is C19H16N8OS3. The third-order valence-corrected chi connectivity index (χ3v) is 5.47. The van der Waals surface area contributed by atoms with Crippen molar-refractivity contribution >= 4 is 46.8 Å². The Morgan fingerprint density at radius 3 is 2.03 bits per heavy atom. The van der Waals surface area contributed by atoms with E-state index in [1.54, 1.807) is 36.9 Å². The summed E-state index contributed by atoms with van der Waals surface area (Å²) in [5.41, 5.74) is 0. The minimum atomic E-state index is 0.340. The van der Waals surface area contributed by atoms with Crippen LogP contribution in [0.1, 0.15) is 11.5 Å². The second kappa shape index (κ2) is 10.3. The van der Waals surface area contributed by atoms with Gasteiger partial charge in [0.15, 0.2) is 15.4 Å². The van der Waals surface area contributed by atoms with Crippen LogP contribution in [0.5, 0.6) is 0 Å². The number of aryl methyl sites for hydroxylation is 1. The van der Waals surface area contributed by atoms with Crippen LogP contribution in [-0.2, 0) is 6.54 Å². The number of nitrogens with one attached hydrogen (secondary N) is 2. The van der Waals surface area contributed by atoms with Gasteiger partial charge in [-0.2, -0.15) is 0 Å². The standard InChI is InChI=1S/C19H16N8OS3/c1-12-4-5-13(28-12)11-24-17(29)27-16-25-14(30-18-20-6-2-7-21-18)10-15(26-16)31-19-22-8-3-9-23-19/h2-10H,11H2,1H3,(H2,24,25,26,27,29). The largest absolute Gasteiger partial charge is 0.465 e. The number of thiocarbonyl (C=S) groups is 1. The fraction of sp³-hybridized carbons (Fsp3) is 0.105. The van der Waals surface area contributed by atoms with Gasteiger partial charge in [0.25, 0.3) is 0 Å². The van der Waals surface area contributed by atoms with Gasteiger partial charge in [-0.15, -0.1) is 0 Å². The Bertz CT molecular complexity index is 1100. The van der Waals surface area contributed by atoms with Crippen molar-refractivity contribution in [2.75, 3.05) is 5.32 Å². The van der Waals surface area contributed by atoms with Crippen molar-refractivity contribution in [1.82, 2.24) is 35.2 Å². The van der Waals surface area contributed by atoms with Crippen molar-refractivity contribution in [2.24, 2.45) is 0 Å². The number of nitrogens with zero attached hydrogens (tertiary/aromatic N) is 6. The molecule has 0 aliphatic heterocycles. The Morgan fingerprint density at radius 1 is 0.935 bits per heavy atom. The molecule has 9 nitrogen and oxygen atoms in total. The van der Waals surface area contributed by atoms with E-state index in [4.69, 9.17) is 16.6 Å². The highest BCUT2D eigenvalue weighted by molar-refractivity contribution is 7.99. The molecule has 4 aromatic heterocycles. The molecule has 0 atom stereocenters. The first-order valence-corrected chi connectivity index (χ1v) is 11.1. The highest BCUT2D eigenvalue weighted by Crippen LogP contribution is 2.29. The fourth-order valence-corrected chi connectivity index (χ4v) is 3.99. The summed E-state index contributed by atoms with van der Waals surface area (Å²) in [5.74, 6) is 1.97. The van der Waals surface area contributed by atoms with Gasteiger partial charge < -0.3 is 15.1 Å². The van der Waals surface area contributed by atoms with Crippen LogP contribution >= 0.6 is 35.7 Å². The molecule has 0 amide bonds. The summed E-state index contributed by atoms with van der Waals surface area (Å²) >= 11 is 8.02. The van der Waals surface area contributed by atoms with E-state index in [1.807, 2.05) is 25.1 Å². The molecule has 4 rings (SSSR count). The first-order valence-electron chi connectivity index (χ1n) is 9.03. The molecule has 0 aromatic carbocycles. The zero-order valence-electron chi connectivity index (χ0n) is 16.2. The minimum Gasteiger partial charge on any atom is -0.465 e. The molecule has 0 saturated heterocycles. The number of hydrogen-bond acceptors (Lipinski definition) is 10. The van der Waals surface area contributed by atoms with Crippen molar-refractivity contribution in [1.29, 1.82) is 0 Å². The fourth-order valence-electron chi connectivity index (χ4n) is 2.32. The van der Waals surface area contributed by atoms with E-state index in [9.17, 15) is 0 Å². The molecule has 4 heterocycles. The second-order valence-corrected chi connectivity index (χ2v) is 8.34. The molecular weight excluding hydrogens is 452 g/mol. The Morgan fingerprint density at radius 2 is 1.52 bits per heavy atom. The topological polar surface area (TPSA) is 115 Å². The molecule has 12 heteroatoms. The summed E-state index contributed by atoms with van der Waals surface area (Å²) < 4.78 is 5.54. The van der Waals surface area contributed by atoms with Crippen molar-refractivity contribution in [2.45, 2.75) is 33.8 Å². The van der Waals surface area contributed by atoms with Gasteiger partial charge >= 0.3 is 0 Å². The highest BCUT2D eigenvalue weighted by atomic mass is 32.2. The summed E-state index contributed by atoms with van der Waals surface area (Å²) in [6.07, 6.45) is 6.72. The maximum absolute atomic E-state index is 5.54. The van der Waals surface area contributed by atoms with Gasteiger partial charge in [0.2, 0.25) is 5.95 Å². The van der Waals surface area contributed by atoms with E-state index in [0.29, 0.717) is 38.0 Å². The average molecular weight is 469 g/mol. The molecule has 0 bridgehead atoms. The minimum absolute atomic E-state index is 0.340. The molecule has 2 N–H and O–H groups in total. The van der Waals surface area contributed by atoms with E-state index in [2.05, 4.69) is 40.5 Å². The molecule has 31 heavy (non-hydrogen) atoms. The van der Waals surface area contributed by atoms with Gasteiger partial charge in [0.05, 0.1) is 6.54 Å². The number of furan rings is 1. The van der Waals surface area contributed by atoms with Gasteiger partial charge in [-0.1, -0.05) is 0 Å². The van der Waals surface area contributed by atoms with Crippen LogP contribution in [0.4, 0.5) is 5.95 Å². The highest BCUT2D eigenvalue weighted by Gasteiger charge is 2.11. The molecule has 0 spiro atoms. The van der Waals surface area contributed by atoms with Gasteiger partial charge in [-0.25, -0.2) is 29.9 Å². The van der Waals surface area contributed by atoms with E-state index in [-0.39, 0.29) is 0 Å². The number of hydrogen-bond donors (Lipinski definition) is 2. The molecule has 0 unspecified atom stereocenters. The number of rotatable bonds is 7. The van der Waals surface area contributed by atoms with Gasteiger partial charge in [-0.05, 0) is 66.9 Å². The van der Waals surface area contributed by atoms with Crippen LogP contribution in [0.2, 0.25) is 0 Å². The van der Waals surface area contributed by atoms with E-state index < -0.39 is 0 Å². The van der Waals surface area contributed by atoms with Gasteiger partial charge in [-0.3, -0.25) is 0 Å². The van der Waals surface area contributed by atoms with E-state index >= 15 is 0 Å². The number of aromatic nitrogens is 6. The smallest absolute Gasteiger partial charge is 0.231 e. The van der Waals surface area contributed by atoms with Crippen LogP contribution in [0.3, 0.4) is 0 Å². The molecule has 0 aliphatic carbocycles. The Labute approximate surface area is 192 Å². The second-order valence-electron chi connectivity index (χ2n) is 5.95. The van der Waals surface area contributed by atoms with Crippen molar-refractivity contribution in [3.63, 3.8) is 0 Å². The Balaban J connectivity index is 1.51. The lowest BCUT2D eigenvalue weighted by Crippen LogP contribution is -2.28.